The van der Waals surface area contributed by atoms with Crippen molar-refractivity contribution in [1.82, 2.24) is 0 Å². The van der Waals surface area contributed by atoms with Crippen molar-refractivity contribution in [3.63, 3.8) is 0 Å². The highest BCUT2D eigenvalue weighted by molar-refractivity contribution is 7.99. The molecule has 2 rings (SSSR count). The smallest absolute Gasteiger partial charge is 0.303 e. The Morgan fingerprint density at radius 3 is 2.13 bits per heavy atom. The van der Waals surface area contributed by atoms with Crippen LogP contribution in [-0.2, 0) is 44.7 Å². The van der Waals surface area contributed by atoms with Crippen LogP contribution in [0, 0.1) is 0 Å². The van der Waals surface area contributed by atoms with Gasteiger partial charge in [-0.05, 0) is 11.3 Å². The van der Waals surface area contributed by atoms with Gasteiger partial charge < -0.3 is 23.7 Å². The number of esters is 3. The highest BCUT2D eigenvalue weighted by Gasteiger charge is 2.50. The summed E-state index contributed by atoms with van der Waals surface area (Å²) in [5, 5.41) is 0. The zero-order valence-corrected chi connectivity index (χ0v) is 18.4. The van der Waals surface area contributed by atoms with Gasteiger partial charge in [0.1, 0.15) is 24.3 Å². The number of rotatable bonds is 9. The van der Waals surface area contributed by atoms with E-state index in [2.05, 4.69) is 0 Å². The number of ether oxygens (including phenoxy) is 5. The van der Waals surface area contributed by atoms with E-state index in [9.17, 15) is 14.4 Å². The van der Waals surface area contributed by atoms with Gasteiger partial charge in [-0.2, -0.15) is 0 Å². The van der Waals surface area contributed by atoms with E-state index >= 15 is 0 Å². The molecule has 0 aromatic heterocycles. The number of thioether (sulfide) groups is 1. The van der Waals surface area contributed by atoms with E-state index in [-0.39, 0.29) is 13.2 Å². The maximum absolute atomic E-state index is 11.8. The largest absolute Gasteiger partial charge is 0.463 e. The molecule has 9 heteroatoms. The highest BCUT2D eigenvalue weighted by atomic mass is 32.2. The molecular weight excluding hydrogens is 412 g/mol. The maximum Gasteiger partial charge on any atom is 0.303 e. The lowest BCUT2D eigenvalue weighted by Crippen LogP contribution is -2.61. The first-order valence-electron chi connectivity index (χ1n) is 9.72. The normalized spacial score (nSPS) is 25.9. The average molecular weight is 441 g/mol. The van der Waals surface area contributed by atoms with E-state index < -0.39 is 47.8 Å². The van der Waals surface area contributed by atoms with Gasteiger partial charge in [-0.25, -0.2) is 0 Å². The first-order chi connectivity index (χ1) is 14.3. The van der Waals surface area contributed by atoms with E-state index in [4.69, 9.17) is 23.7 Å². The van der Waals surface area contributed by atoms with E-state index in [1.807, 2.05) is 37.3 Å². The number of carbonyl (C=O) groups excluding carboxylic acids is 3. The summed E-state index contributed by atoms with van der Waals surface area (Å²) >= 11 is 1.43. The summed E-state index contributed by atoms with van der Waals surface area (Å²) < 4.78 is 28.3. The number of hydrogen-bond acceptors (Lipinski definition) is 9. The van der Waals surface area contributed by atoms with Gasteiger partial charge in [0, 0.05) is 20.8 Å². The molecular formula is C21H28O8S. The summed E-state index contributed by atoms with van der Waals surface area (Å²) in [6.07, 6.45) is -3.32. The van der Waals surface area contributed by atoms with Crippen LogP contribution in [0.3, 0.4) is 0 Å². The monoisotopic (exact) mass is 440 g/mol. The van der Waals surface area contributed by atoms with Crippen LogP contribution in [0.15, 0.2) is 30.3 Å². The van der Waals surface area contributed by atoms with Gasteiger partial charge in [0.2, 0.25) is 0 Å². The first-order valence-corrected chi connectivity index (χ1v) is 10.8. The fourth-order valence-corrected chi connectivity index (χ4v) is 4.07. The zero-order valence-electron chi connectivity index (χ0n) is 17.6. The lowest BCUT2D eigenvalue weighted by molar-refractivity contribution is -0.241. The van der Waals surface area contributed by atoms with E-state index in [1.54, 1.807) is 0 Å². The molecule has 0 bridgehead atoms. The Morgan fingerprint density at radius 2 is 1.57 bits per heavy atom. The topological polar surface area (TPSA) is 97.4 Å². The molecule has 1 aliphatic rings. The molecule has 1 aromatic rings. The molecule has 0 amide bonds. The predicted octanol–water partition coefficient (Wildman–Crippen LogP) is 2.48. The Labute approximate surface area is 180 Å². The van der Waals surface area contributed by atoms with Crippen LogP contribution >= 0.6 is 11.8 Å². The van der Waals surface area contributed by atoms with Crippen molar-refractivity contribution in [2.45, 2.75) is 64.2 Å². The van der Waals surface area contributed by atoms with Gasteiger partial charge in [0.05, 0.1) is 6.61 Å². The van der Waals surface area contributed by atoms with Crippen molar-refractivity contribution in [3.8, 4) is 0 Å². The van der Waals surface area contributed by atoms with Gasteiger partial charge in [0.25, 0.3) is 0 Å². The predicted molar refractivity (Wildman–Crippen MR) is 110 cm³/mol. The van der Waals surface area contributed by atoms with Gasteiger partial charge in [-0.1, -0.05) is 37.3 Å². The molecule has 1 heterocycles. The number of benzene rings is 1. The van der Waals surface area contributed by atoms with Crippen LogP contribution in [0.4, 0.5) is 0 Å². The van der Waals surface area contributed by atoms with Crippen LogP contribution in [0.1, 0.15) is 33.3 Å². The average Bonchev–Trinajstić information content (AvgIpc) is 2.68. The van der Waals surface area contributed by atoms with Crippen molar-refractivity contribution in [2.24, 2.45) is 0 Å². The molecule has 0 N–H and O–H groups in total. The lowest BCUT2D eigenvalue weighted by atomic mass is 9.99. The second kappa shape index (κ2) is 11.9. The lowest BCUT2D eigenvalue weighted by Gasteiger charge is -2.44. The maximum atomic E-state index is 11.8. The van der Waals surface area contributed by atoms with E-state index in [1.165, 1.54) is 32.5 Å². The van der Waals surface area contributed by atoms with Crippen LogP contribution in [-0.4, -0.2) is 60.1 Å². The van der Waals surface area contributed by atoms with Crippen molar-refractivity contribution in [2.75, 3.05) is 12.4 Å². The fourth-order valence-electron chi connectivity index (χ4n) is 3.12. The Kier molecular flexibility index (Phi) is 9.61. The van der Waals surface area contributed by atoms with E-state index in [0.29, 0.717) is 5.75 Å². The minimum Gasteiger partial charge on any atom is -0.463 e. The highest BCUT2D eigenvalue weighted by Crippen LogP contribution is 2.34. The molecule has 1 fully saturated rings. The third kappa shape index (κ3) is 7.30. The molecule has 1 aromatic carbocycles. The second-order valence-corrected chi connectivity index (χ2v) is 8.09. The number of hydrogen-bond donors (Lipinski definition) is 0. The first kappa shape index (κ1) is 24.2. The Hall–Kier alpha value is -2.10. The molecule has 0 aliphatic carbocycles. The standard InChI is InChI=1S/C21H28O8S/c1-5-30-21-20(28-15(4)24)19(26-11-16-9-7-6-8-10-16)18(27-14(3)23)17(29-21)12-25-13(2)22/h6-10,17-21H,5,11-12H2,1-4H3/t17-,18-,19+,20-,21+/m1/s1. The van der Waals surface area contributed by atoms with Crippen molar-refractivity contribution >= 4 is 29.7 Å². The number of carbonyl (C=O) groups is 3. The summed E-state index contributed by atoms with van der Waals surface area (Å²) in [4.78, 5) is 34.9. The van der Waals surface area contributed by atoms with Crippen LogP contribution in [0.25, 0.3) is 0 Å². The Morgan fingerprint density at radius 1 is 0.933 bits per heavy atom. The molecule has 0 unspecified atom stereocenters. The SMILES string of the molecule is CCS[C@@H]1O[C@H](COC(C)=O)[C@@H](OC(C)=O)[C@H](OCc2ccccc2)[C@H]1OC(C)=O. The summed E-state index contributed by atoms with van der Waals surface area (Å²) in [6, 6.07) is 9.46. The molecule has 166 valence electrons. The van der Waals surface area contributed by atoms with Gasteiger partial charge >= 0.3 is 17.9 Å². The summed E-state index contributed by atoms with van der Waals surface area (Å²) in [5.41, 5.74) is 0.329. The molecule has 1 saturated heterocycles. The molecule has 8 nitrogen and oxygen atoms in total. The molecule has 1 aliphatic heterocycles. The van der Waals surface area contributed by atoms with Crippen LogP contribution < -0.4 is 0 Å². The van der Waals surface area contributed by atoms with Gasteiger partial charge in [-0.3, -0.25) is 14.4 Å². The summed E-state index contributed by atoms with van der Waals surface area (Å²) in [5.74, 6) is -0.845. The Bertz CT molecular complexity index is 710. The van der Waals surface area contributed by atoms with E-state index in [0.717, 1.165) is 5.56 Å². The fraction of sp³-hybridized carbons (Fsp3) is 0.571. The second-order valence-electron chi connectivity index (χ2n) is 6.71. The Balaban J connectivity index is 2.34. The molecule has 0 radical (unpaired) electrons. The van der Waals surface area contributed by atoms with Gasteiger partial charge in [0.15, 0.2) is 12.2 Å². The van der Waals surface area contributed by atoms with Gasteiger partial charge in [-0.15, -0.1) is 11.8 Å². The summed E-state index contributed by atoms with van der Waals surface area (Å²) in [6.45, 7) is 5.89. The minimum atomic E-state index is -0.927. The van der Waals surface area contributed by atoms with Crippen molar-refractivity contribution < 1.29 is 38.1 Å². The summed E-state index contributed by atoms with van der Waals surface area (Å²) in [7, 11) is 0. The quantitative estimate of drug-likeness (QED) is 0.424. The van der Waals surface area contributed by atoms with Crippen molar-refractivity contribution in [3.05, 3.63) is 35.9 Å². The molecule has 0 spiro atoms. The molecule has 30 heavy (non-hydrogen) atoms. The molecule has 5 atom stereocenters. The van der Waals surface area contributed by atoms with Crippen LogP contribution in [0.5, 0.6) is 0 Å². The van der Waals surface area contributed by atoms with Crippen LogP contribution in [0.2, 0.25) is 0 Å². The van der Waals surface area contributed by atoms with Crippen molar-refractivity contribution in [1.29, 1.82) is 0 Å². The molecule has 0 saturated carbocycles. The third-order valence-electron chi connectivity index (χ3n) is 4.26. The third-order valence-corrected chi connectivity index (χ3v) is 5.30. The zero-order chi connectivity index (χ0) is 22.1. The minimum absolute atomic E-state index is 0.119.